The lowest BCUT2D eigenvalue weighted by atomic mass is 10.1. The third-order valence-corrected chi connectivity index (χ3v) is 2.08. The van der Waals surface area contributed by atoms with Crippen molar-refractivity contribution in [2.75, 3.05) is 13.7 Å². The number of halogens is 3. The van der Waals surface area contributed by atoms with Crippen LogP contribution in [0.5, 0.6) is 5.75 Å². The molecule has 6 heteroatoms. The maximum absolute atomic E-state index is 13.2. The summed E-state index contributed by atoms with van der Waals surface area (Å²) >= 11 is 5.39. The van der Waals surface area contributed by atoms with E-state index in [2.05, 4.69) is 4.74 Å². The van der Waals surface area contributed by atoms with Crippen molar-refractivity contribution in [2.24, 2.45) is 5.73 Å². The predicted octanol–water partition coefficient (Wildman–Crippen LogP) is 1.77. The summed E-state index contributed by atoms with van der Waals surface area (Å²) in [5.74, 6) is -3.59. The number of hydrogen-bond donors (Lipinski definition) is 1. The number of methoxy groups -OCH3 is 1. The quantitative estimate of drug-likeness (QED) is 0.642. The smallest absolute Gasteiger partial charge is 0.202 e. The average Bonchev–Trinajstić information content (AvgIpc) is 2.24. The highest BCUT2D eigenvalue weighted by molar-refractivity contribution is 6.31. The van der Waals surface area contributed by atoms with E-state index in [1.807, 2.05) is 0 Å². The molecule has 1 aromatic rings. The first-order chi connectivity index (χ1) is 7.02. The molecule has 82 valence electrons. The fourth-order valence-electron chi connectivity index (χ4n) is 1.10. The average molecular weight is 236 g/mol. The number of carbonyl (C=O) groups is 1. The molecule has 0 heterocycles. The van der Waals surface area contributed by atoms with Crippen molar-refractivity contribution in [1.82, 2.24) is 0 Å². The summed E-state index contributed by atoms with van der Waals surface area (Å²) in [5.41, 5.74) is 4.94. The van der Waals surface area contributed by atoms with Gasteiger partial charge in [0.2, 0.25) is 5.82 Å². The summed E-state index contributed by atoms with van der Waals surface area (Å²) in [7, 11) is 1.12. The van der Waals surface area contributed by atoms with Crippen LogP contribution in [0, 0.1) is 11.6 Å². The van der Waals surface area contributed by atoms with Crippen LogP contribution < -0.4 is 10.5 Å². The van der Waals surface area contributed by atoms with Crippen LogP contribution >= 0.6 is 11.6 Å². The lowest BCUT2D eigenvalue weighted by Crippen LogP contribution is -2.15. The van der Waals surface area contributed by atoms with Crippen molar-refractivity contribution in [3.63, 3.8) is 0 Å². The lowest BCUT2D eigenvalue weighted by Gasteiger charge is -2.09. The van der Waals surface area contributed by atoms with Gasteiger partial charge >= 0.3 is 0 Å². The first-order valence-corrected chi connectivity index (χ1v) is 4.35. The van der Waals surface area contributed by atoms with Crippen LogP contribution in [0.25, 0.3) is 0 Å². The van der Waals surface area contributed by atoms with Crippen LogP contribution in [0.2, 0.25) is 5.02 Å². The number of ketones is 1. The third-order valence-electron chi connectivity index (χ3n) is 1.81. The molecule has 0 aliphatic rings. The molecular weight excluding hydrogens is 228 g/mol. The minimum absolute atomic E-state index is 0.163. The molecular formula is C9H8ClF2NO2. The first-order valence-electron chi connectivity index (χ1n) is 3.97. The van der Waals surface area contributed by atoms with E-state index >= 15 is 0 Å². The number of ether oxygens (including phenoxy) is 1. The normalized spacial score (nSPS) is 10.2. The Morgan fingerprint density at radius 3 is 2.60 bits per heavy atom. The third kappa shape index (κ3) is 2.08. The highest BCUT2D eigenvalue weighted by Crippen LogP contribution is 2.30. The maximum Gasteiger partial charge on any atom is 0.202 e. The Morgan fingerprint density at radius 2 is 2.13 bits per heavy atom. The first kappa shape index (κ1) is 11.9. The van der Waals surface area contributed by atoms with Gasteiger partial charge in [0.05, 0.1) is 24.2 Å². The number of carbonyl (C=O) groups excluding carboxylic acids is 1. The van der Waals surface area contributed by atoms with Gasteiger partial charge in [0.15, 0.2) is 17.3 Å². The molecule has 0 saturated heterocycles. The van der Waals surface area contributed by atoms with E-state index in [1.54, 1.807) is 0 Å². The Labute approximate surface area is 89.8 Å². The number of benzene rings is 1. The highest BCUT2D eigenvalue weighted by atomic mass is 35.5. The second-order valence-corrected chi connectivity index (χ2v) is 3.10. The van der Waals surface area contributed by atoms with E-state index in [1.165, 1.54) is 0 Å². The van der Waals surface area contributed by atoms with E-state index in [0.29, 0.717) is 0 Å². The highest BCUT2D eigenvalue weighted by Gasteiger charge is 2.21. The Bertz CT molecular complexity index is 410. The van der Waals surface area contributed by atoms with Gasteiger partial charge in [-0.25, -0.2) is 4.39 Å². The van der Waals surface area contributed by atoms with E-state index < -0.39 is 28.2 Å². The Hall–Kier alpha value is -1.20. The standard InChI is InChI=1S/C9H8ClF2NO2/c1-15-9-4(6(14)3-13)2-5(10)7(11)8(9)12/h2H,3,13H2,1H3. The van der Waals surface area contributed by atoms with E-state index in [4.69, 9.17) is 17.3 Å². The van der Waals surface area contributed by atoms with Gasteiger partial charge in [-0.2, -0.15) is 4.39 Å². The molecule has 2 N–H and O–H groups in total. The van der Waals surface area contributed by atoms with Gasteiger partial charge in [-0.3, -0.25) is 4.79 Å². The fourth-order valence-corrected chi connectivity index (χ4v) is 1.29. The van der Waals surface area contributed by atoms with Crippen LogP contribution in [-0.2, 0) is 0 Å². The Morgan fingerprint density at radius 1 is 1.53 bits per heavy atom. The molecule has 0 atom stereocenters. The maximum atomic E-state index is 13.2. The molecule has 0 aromatic heterocycles. The van der Waals surface area contributed by atoms with Crippen molar-refractivity contribution >= 4 is 17.4 Å². The van der Waals surface area contributed by atoms with Gasteiger partial charge in [0.1, 0.15) is 0 Å². The van der Waals surface area contributed by atoms with Crippen molar-refractivity contribution in [2.45, 2.75) is 0 Å². The van der Waals surface area contributed by atoms with Crippen molar-refractivity contribution in [3.8, 4) is 5.75 Å². The fraction of sp³-hybridized carbons (Fsp3) is 0.222. The van der Waals surface area contributed by atoms with Crippen molar-refractivity contribution in [3.05, 3.63) is 28.3 Å². The molecule has 0 aliphatic heterocycles. The zero-order valence-corrected chi connectivity index (χ0v) is 8.57. The molecule has 1 aromatic carbocycles. The second kappa shape index (κ2) is 4.55. The lowest BCUT2D eigenvalue weighted by molar-refractivity contribution is 0.0997. The summed E-state index contributed by atoms with van der Waals surface area (Å²) < 4.78 is 30.8. The number of hydrogen-bond acceptors (Lipinski definition) is 3. The van der Waals surface area contributed by atoms with Crippen LogP contribution in [0.4, 0.5) is 8.78 Å². The van der Waals surface area contributed by atoms with Crippen LogP contribution in [-0.4, -0.2) is 19.4 Å². The monoisotopic (exact) mass is 235 g/mol. The largest absolute Gasteiger partial charge is 0.493 e. The van der Waals surface area contributed by atoms with Gasteiger partial charge in [-0.1, -0.05) is 11.6 Å². The molecule has 0 saturated carbocycles. The second-order valence-electron chi connectivity index (χ2n) is 2.69. The molecule has 15 heavy (non-hydrogen) atoms. The van der Waals surface area contributed by atoms with Gasteiger partial charge in [-0.15, -0.1) is 0 Å². The number of rotatable bonds is 3. The van der Waals surface area contributed by atoms with Crippen LogP contribution in [0.15, 0.2) is 6.07 Å². The zero-order valence-electron chi connectivity index (χ0n) is 7.81. The molecule has 0 aliphatic carbocycles. The predicted molar refractivity (Wildman–Crippen MR) is 51.3 cm³/mol. The van der Waals surface area contributed by atoms with E-state index in [0.717, 1.165) is 13.2 Å². The van der Waals surface area contributed by atoms with E-state index in [-0.39, 0.29) is 12.1 Å². The van der Waals surface area contributed by atoms with Gasteiger partial charge in [-0.05, 0) is 6.07 Å². The summed E-state index contributed by atoms with van der Waals surface area (Å²) in [4.78, 5) is 11.3. The van der Waals surface area contributed by atoms with Crippen molar-refractivity contribution < 1.29 is 18.3 Å². The SMILES string of the molecule is COc1c(C(=O)CN)cc(Cl)c(F)c1F. The minimum Gasteiger partial charge on any atom is -0.493 e. The molecule has 0 fully saturated rings. The Balaban J connectivity index is 3.45. The van der Waals surface area contributed by atoms with Crippen molar-refractivity contribution in [1.29, 1.82) is 0 Å². The molecule has 1 rings (SSSR count). The molecule has 0 unspecified atom stereocenters. The summed E-state index contributed by atoms with van der Waals surface area (Å²) in [6.45, 7) is -0.336. The van der Waals surface area contributed by atoms with Gasteiger partial charge in [0.25, 0.3) is 0 Å². The molecule has 3 nitrogen and oxygen atoms in total. The van der Waals surface area contributed by atoms with Crippen LogP contribution in [0.3, 0.4) is 0 Å². The molecule has 0 radical (unpaired) electrons. The molecule has 0 bridgehead atoms. The molecule has 0 amide bonds. The summed E-state index contributed by atoms with van der Waals surface area (Å²) in [6.07, 6.45) is 0. The van der Waals surface area contributed by atoms with Gasteiger partial charge in [0, 0.05) is 0 Å². The Kier molecular flexibility index (Phi) is 3.60. The van der Waals surface area contributed by atoms with Crippen LogP contribution in [0.1, 0.15) is 10.4 Å². The minimum atomic E-state index is -1.29. The van der Waals surface area contributed by atoms with E-state index in [9.17, 15) is 13.6 Å². The summed E-state index contributed by atoms with van der Waals surface area (Å²) in [5, 5.41) is -0.481. The molecule has 0 spiro atoms. The van der Waals surface area contributed by atoms with Gasteiger partial charge < -0.3 is 10.5 Å². The summed E-state index contributed by atoms with van der Waals surface area (Å²) in [6, 6.07) is 0.994. The zero-order chi connectivity index (χ0) is 11.6. The topological polar surface area (TPSA) is 52.3 Å². The number of nitrogens with two attached hydrogens (primary N) is 1. The number of Topliss-reactive ketones (excluding diaryl/α,β-unsaturated/α-hetero) is 1.